The number of carboxylic acids is 1. The van der Waals surface area contributed by atoms with Gasteiger partial charge in [0.1, 0.15) is 0 Å². The second-order valence-corrected chi connectivity index (χ2v) is 4.18. The smallest absolute Gasteiger partial charge is 0.303 e. The Kier molecular flexibility index (Phi) is 7.48. The molecule has 1 unspecified atom stereocenters. The van der Waals surface area contributed by atoms with Crippen molar-refractivity contribution in [3.8, 4) is 0 Å². The monoisotopic (exact) mass is 201 g/mol. The lowest BCUT2D eigenvalue weighted by atomic mass is 9.94. The van der Waals surface area contributed by atoms with Gasteiger partial charge >= 0.3 is 5.97 Å². The Morgan fingerprint density at radius 1 is 1.29 bits per heavy atom. The van der Waals surface area contributed by atoms with Gasteiger partial charge in [0, 0.05) is 6.42 Å². The summed E-state index contributed by atoms with van der Waals surface area (Å²) in [5, 5.41) is 8.60. The molecule has 0 spiro atoms. The lowest BCUT2D eigenvalue weighted by Gasteiger charge is -2.17. The van der Waals surface area contributed by atoms with Crippen molar-refractivity contribution in [1.29, 1.82) is 0 Å². The van der Waals surface area contributed by atoms with Crippen molar-refractivity contribution in [2.45, 2.75) is 39.0 Å². The van der Waals surface area contributed by atoms with Gasteiger partial charge in [-0.25, -0.2) is 0 Å². The summed E-state index contributed by atoms with van der Waals surface area (Å²) in [6, 6.07) is 0. The maximum atomic E-state index is 10.4. The van der Waals surface area contributed by atoms with E-state index in [2.05, 4.69) is 25.9 Å². The second-order valence-electron chi connectivity index (χ2n) is 4.18. The van der Waals surface area contributed by atoms with Gasteiger partial charge in [0.05, 0.1) is 0 Å². The van der Waals surface area contributed by atoms with Crippen LogP contribution in [0.4, 0.5) is 0 Å². The minimum atomic E-state index is -0.670. The highest BCUT2D eigenvalue weighted by Gasteiger charge is 2.10. The van der Waals surface area contributed by atoms with Gasteiger partial charge in [0.2, 0.25) is 0 Å². The third-order valence-corrected chi connectivity index (χ3v) is 2.45. The number of carboxylic acid groups (broad SMARTS) is 1. The van der Waals surface area contributed by atoms with Crippen LogP contribution in [0.1, 0.15) is 39.0 Å². The van der Waals surface area contributed by atoms with E-state index in [-0.39, 0.29) is 0 Å². The summed E-state index contributed by atoms with van der Waals surface area (Å²) in [6.07, 6.45) is 4.57. The Morgan fingerprint density at radius 3 is 2.36 bits per heavy atom. The number of aliphatic carboxylic acids is 1. The summed E-state index contributed by atoms with van der Waals surface area (Å²) < 4.78 is 0. The molecule has 0 heterocycles. The van der Waals surface area contributed by atoms with E-state index in [1.54, 1.807) is 0 Å². The van der Waals surface area contributed by atoms with Gasteiger partial charge in [-0.2, -0.15) is 0 Å². The van der Waals surface area contributed by atoms with E-state index in [4.69, 9.17) is 5.11 Å². The molecule has 0 bridgehead atoms. The van der Waals surface area contributed by atoms with E-state index in [1.807, 2.05) is 0 Å². The van der Waals surface area contributed by atoms with E-state index in [0.29, 0.717) is 12.3 Å². The van der Waals surface area contributed by atoms with Crippen molar-refractivity contribution < 1.29 is 9.90 Å². The van der Waals surface area contributed by atoms with Crippen LogP contribution >= 0.6 is 0 Å². The number of carbonyl (C=O) groups is 1. The SMILES string of the molecule is CCCC(CCC(=O)O)CCN(C)C. The highest BCUT2D eigenvalue weighted by Crippen LogP contribution is 2.17. The number of hydrogen-bond donors (Lipinski definition) is 1. The molecule has 1 atom stereocenters. The van der Waals surface area contributed by atoms with Gasteiger partial charge in [-0.05, 0) is 39.4 Å². The molecule has 0 saturated heterocycles. The first-order chi connectivity index (χ1) is 6.56. The molecule has 0 radical (unpaired) electrons. The molecule has 3 nitrogen and oxygen atoms in total. The van der Waals surface area contributed by atoms with Gasteiger partial charge in [-0.15, -0.1) is 0 Å². The van der Waals surface area contributed by atoms with E-state index in [1.165, 1.54) is 0 Å². The van der Waals surface area contributed by atoms with Crippen molar-refractivity contribution in [3.05, 3.63) is 0 Å². The van der Waals surface area contributed by atoms with Crippen LogP contribution in [0.3, 0.4) is 0 Å². The summed E-state index contributed by atoms with van der Waals surface area (Å²) in [6.45, 7) is 3.22. The third-order valence-electron chi connectivity index (χ3n) is 2.45. The van der Waals surface area contributed by atoms with Gasteiger partial charge < -0.3 is 10.0 Å². The Bertz CT molecular complexity index is 157. The van der Waals surface area contributed by atoms with Gasteiger partial charge in [0.25, 0.3) is 0 Å². The molecule has 3 heteroatoms. The molecular weight excluding hydrogens is 178 g/mol. The largest absolute Gasteiger partial charge is 0.481 e. The van der Waals surface area contributed by atoms with Gasteiger partial charge in [0.15, 0.2) is 0 Å². The van der Waals surface area contributed by atoms with Crippen LogP contribution in [-0.2, 0) is 4.79 Å². The van der Waals surface area contributed by atoms with Crippen molar-refractivity contribution >= 4 is 5.97 Å². The lowest BCUT2D eigenvalue weighted by molar-refractivity contribution is -0.137. The fraction of sp³-hybridized carbons (Fsp3) is 0.909. The lowest BCUT2D eigenvalue weighted by Crippen LogP contribution is -2.17. The standard InChI is InChI=1S/C11H23NO2/c1-4-5-10(6-7-11(13)14)8-9-12(2)3/h10H,4-9H2,1-3H3,(H,13,14). The molecular formula is C11H23NO2. The van der Waals surface area contributed by atoms with Crippen LogP contribution in [0.2, 0.25) is 0 Å². The minimum Gasteiger partial charge on any atom is -0.481 e. The molecule has 1 N–H and O–H groups in total. The fourth-order valence-corrected chi connectivity index (χ4v) is 1.61. The number of nitrogens with zero attached hydrogens (tertiary/aromatic N) is 1. The van der Waals surface area contributed by atoms with Crippen molar-refractivity contribution in [3.63, 3.8) is 0 Å². The average molecular weight is 201 g/mol. The Morgan fingerprint density at radius 2 is 1.93 bits per heavy atom. The Hall–Kier alpha value is -0.570. The molecule has 0 aliphatic rings. The van der Waals surface area contributed by atoms with Crippen LogP contribution in [-0.4, -0.2) is 36.6 Å². The minimum absolute atomic E-state index is 0.318. The molecule has 0 aromatic carbocycles. The predicted molar refractivity (Wildman–Crippen MR) is 58.4 cm³/mol. The number of rotatable bonds is 8. The zero-order valence-electron chi connectivity index (χ0n) is 9.62. The highest BCUT2D eigenvalue weighted by atomic mass is 16.4. The van der Waals surface area contributed by atoms with E-state index < -0.39 is 5.97 Å². The normalized spacial score (nSPS) is 13.1. The maximum absolute atomic E-state index is 10.4. The Labute approximate surface area is 87.1 Å². The van der Waals surface area contributed by atoms with Crippen LogP contribution < -0.4 is 0 Å². The zero-order valence-corrected chi connectivity index (χ0v) is 9.62. The van der Waals surface area contributed by atoms with Crippen LogP contribution in [0.25, 0.3) is 0 Å². The highest BCUT2D eigenvalue weighted by molar-refractivity contribution is 5.66. The van der Waals surface area contributed by atoms with Crippen LogP contribution in [0.5, 0.6) is 0 Å². The van der Waals surface area contributed by atoms with Crippen molar-refractivity contribution in [2.24, 2.45) is 5.92 Å². The molecule has 0 aromatic heterocycles. The third kappa shape index (κ3) is 8.05. The molecule has 0 aromatic rings. The zero-order chi connectivity index (χ0) is 11.0. The molecule has 84 valence electrons. The van der Waals surface area contributed by atoms with Crippen molar-refractivity contribution in [1.82, 2.24) is 4.90 Å². The molecule has 0 aliphatic heterocycles. The molecule has 0 fully saturated rings. The van der Waals surface area contributed by atoms with Gasteiger partial charge in [-0.3, -0.25) is 4.79 Å². The molecule has 0 saturated carbocycles. The summed E-state index contributed by atoms with van der Waals surface area (Å²) in [5.74, 6) is -0.0885. The predicted octanol–water partition coefficient (Wildman–Crippen LogP) is 2.22. The fourth-order valence-electron chi connectivity index (χ4n) is 1.61. The Balaban J connectivity index is 3.70. The van der Waals surface area contributed by atoms with Crippen LogP contribution in [0, 0.1) is 5.92 Å². The van der Waals surface area contributed by atoms with Gasteiger partial charge in [-0.1, -0.05) is 19.8 Å². The maximum Gasteiger partial charge on any atom is 0.303 e. The molecule has 0 rings (SSSR count). The van der Waals surface area contributed by atoms with Crippen LogP contribution in [0.15, 0.2) is 0 Å². The molecule has 0 aliphatic carbocycles. The summed E-state index contributed by atoms with van der Waals surface area (Å²) in [4.78, 5) is 12.6. The first-order valence-corrected chi connectivity index (χ1v) is 5.42. The first-order valence-electron chi connectivity index (χ1n) is 5.42. The van der Waals surface area contributed by atoms with Crippen molar-refractivity contribution in [2.75, 3.05) is 20.6 Å². The quantitative estimate of drug-likeness (QED) is 0.654. The summed E-state index contributed by atoms with van der Waals surface area (Å²) >= 11 is 0. The second kappa shape index (κ2) is 7.80. The molecule has 0 amide bonds. The van der Waals surface area contributed by atoms with E-state index in [0.717, 1.165) is 32.2 Å². The first kappa shape index (κ1) is 13.4. The summed E-state index contributed by atoms with van der Waals surface area (Å²) in [5.41, 5.74) is 0. The summed E-state index contributed by atoms with van der Waals surface area (Å²) in [7, 11) is 4.11. The number of hydrogen-bond acceptors (Lipinski definition) is 2. The topological polar surface area (TPSA) is 40.5 Å². The van der Waals surface area contributed by atoms with E-state index >= 15 is 0 Å². The molecule has 14 heavy (non-hydrogen) atoms. The average Bonchev–Trinajstić information content (AvgIpc) is 2.09. The van der Waals surface area contributed by atoms with E-state index in [9.17, 15) is 4.79 Å².